The van der Waals surface area contributed by atoms with Crippen molar-refractivity contribution in [1.82, 2.24) is 15.1 Å². The lowest BCUT2D eigenvalue weighted by Crippen LogP contribution is -2.59. The molecule has 0 radical (unpaired) electrons. The lowest BCUT2D eigenvalue weighted by atomic mass is 9.70. The number of hydrogen-bond acceptors (Lipinski definition) is 7. The lowest BCUT2D eigenvalue weighted by Gasteiger charge is -2.39. The van der Waals surface area contributed by atoms with Crippen LogP contribution in [0, 0.1) is 17.8 Å². The molecule has 3 aliphatic rings. The second-order valence-electron chi connectivity index (χ2n) is 12.5. The van der Waals surface area contributed by atoms with Gasteiger partial charge in [-0.25, -0.2) is 0 Å². The number of amides is 3. The van der Waals surface area contributed by atoms with Crippen molar-refractivity contribution in [3.8, 4) is 0 Å². The van der Waals surface area contributed by atoms with Crippen LogP contribution < -0.4 is 5.32 Å². The number of aliphatic hydroxyl groups excluding tert-OH is 1. The molecule has 8 atom stereocenters. The van der Waals surface area contributed by atoms with Crippen molar-refractivity contribution in [1.29, 1.82) is 0 Å². The summed E-state index contributed by atoms with van der Waals surface area (Å²) >= 11 is 3.69. The quantitative estimate of drug-likeness (QED) is 0.0994. The summed E-state index contributed by atoms with van der Waals surface area (Å²) in [4.78, 5) is 57.6. The first-order chi connectivity index (χ1) is 20.5. The number of likely N-dealkylation sites (tertiary alicyclic amines) is 1. The molecule has 0 aromatic rings. The molecule has 0 aliphatic carbocycles. The largest absolute Gasteiger partial charge is 0.460 e. The van der Waals surface area contributed by atoms with Gasteiger partial charge in [0, 0.05) is 24.3 Å². The van der Waals surface area contributed by atoms with Crippen LogP contribution >= 0.6 is 15.9 Å². The molecule has 0 aromatic heterocycles. The molecule has 242 valence electrons. The number of esters is 1. The van der Waals surface area contributed by atoms with E-state index < -0.39 is 47.7 Å². The van der Waals surface area contributed by atoms with Crippen molar-refractivity contribution < 1.29 is 33.8 Å². The van der Waals surface area contributed by atoms with Gasteiger partial charge in [0.2, 0.25) is 17.7 Å². The molecule has 2 N–H and O–H groups in total. The Morgan fingerprint density at radius 2 is 1.98 bits per heavy atom. The summed E-state index contributed by atoms with van der Waals surface area (Å²) in [5.74, 6) is -3.08. The molecular weight excluding hydrogens is 618 g/mol. The summed E-state index contributed by atoms with van der Waals surface area (Å²) in [5.41, 5.74) is -1.24. The first kappa shape index (κ1) is 35.2. The Bertz CT molecular complexity index is 1040. The SMILES string of the molecule is C=CCCC(=O)NC[C@H](C)OC(=O)[C@@H]1[C@H]2O[C@@]3(CC2Br)[C@H](C(=O)N(CC=C)CCCCC)N([C@@H](CO)CC(C)C)C(=O)[C@@H]13. The second kappa shape index (κ2) is 15.7. The van der Waals surface area contributed by atoms with Gasteiger partial charge < -0.3 is 29.7 Å². The zero-order valence-electron chi connectivity index (χ0n) is 26.1. The van der Waals surface area contributed by atoms with Gasteiger partial charge in [-0.15, -0.1) is 13.2 Å². The third kappa shape index (κ3) is 7.53. The maximum absolute atomic E-state index is 14.4. The third-order valence-electron chi connectivity index (χ3n) is 8.75. The van der Waals surface area contributed by atoms with Crippen LogP contribution in [0.3, 0.4) is 0 Å². The molecule has 11 heteroatoms. The van der Waals surface area contributed by atoms with E-state index in [1.165, 1.54) is 4.90 Å². The van der Waals surface area contributed by atoms with E-state index in [0.29, 0.717) is 38.8 Å². The summed E-state index contributed by atoms with van der Waals surface area (Å²) < 4.78 is 12.4. The van der Waals surface area contributed by atoms with Crippen molar-refractivity contribution >= 4 is 39.6 Å². The fraction of sp³-hybridized carbons (Fsp3) is 0.750. The lowest BCUT2D eigenvalue weighted by molar-refractivity contribution is -0.160. The van der Waals surface area contributed by atoms with Crippen LogP contribution in [0.5, 0.6) is 0 Å². The Kier molecular flexibility index (Phi) is 12.8. The number of carbonyl (C=O) groups is 4. The summed E-state index contributed by atoms with van der Waals surface area (Å²) in [6.07, 6.45) is 6.51. The Balaban J connectivity index is 1.94. The second-order valence-corrected chi connectivity index (χ2v) is 13.7. The molecule has 0 saturated carbocycles. The van der Waals surface area contributed by atoms with E-state index in [-0.39, 0.29) is 41.6 Å². The van der Waals surface area contributed by atoms with E-state index in [1.54, 1.807) is 24.0 Å². The molecule has 3 amide bonds. The van der Waals surface area contributed by atoms with E-state index in [0.717, 1.165) is 19.3 Å². The Labute approximate surface area is 264 Å². The predicted molar refractivity (Wildman–Crippen MR) is 167 cm³/mol. The zero-order valence-corrected chi connectivity index (χ0v) is 27.7. The van der Waals surface area contributed by atoms with E-state index in [2.05, 4.69) is 41.3 Å². The molecule has 1 spiro atoms. The molecule has 3 heterocycles. The van der Waals surface area contributed by atoms with Gasteiger partial charge >= 0.3 is 5.97 Å². The molecule has 0 aromatic carbocycles. The molecule has 3 rings (SSSR count). The number of aliphatic hydroxyl groups is 1. The minimum Gasteiger partial charge on any atom is -0.460 e. The molecule has 3 aliphatic heterocycles. The maximum atomic E-state index is 14.4. The van der Waals surface area contributed by atoms with Crippen LogP contribution in [-0.4, -0.2) is 99.6 Å². The van der Waals surface area contributed by atoms with Crippen LogP contribution in [0.25, 0.3) is 0 Å². The fourth-order valence-electron chi connectivity index (χ4n) is 6.90. The van der Waals surface area contributed by atoms with E-state index in [1.807, 2.05) is 13.8 Å². The summed E-state index contributed by atoms with van der Waals surface area (Å²) in [6.45, 7) is 15.9. The first-order valence-corrected chi connectivity index (χ1v) is 16.6. The summed E-state index contributed by atoms with van der Waals surface area (Å²) in [7, 11) is 0. The molecule has 1 unspecified atom stereocenters. The molecule has 2 bridgehead atoms. The Morgan fingerprint density at radius 1 is 1.26 bits per heavy atom. The fourth-order valence-corrected chi connectivity index (χ4v) is 7.84. The van der Waals surface area contributed by atoms with Crippen molar-refractivity contribution in [2.24, 2.45) is 17.8 Å². The number of nitrogens with zero attached hydrogens (tertiary/aromatic N) is 2. The van der Waals surface area contributed by atoms with Crippen LogP contribution in [-0.2, 0) is 28.7 Å². The topological polar surface area (TPSA) is 125 Å². The number of allylic oxidation sites excluding steroid dienone is 1. The van der Waals surface area contributed by atoms with Crippen LogP contribution in [0.4, 0.5) is 0 Å². The van der Waals surface area contributed by atoms with Crippen molar-refractivity contribution in [3.05, 3.63) is 25.3 Å². The van der Waals surface area contributed by atoms with Crippen molar-refractivity contribution in [3.63, 3.8) is 0 Å². The van der Waals surface area contributed by atoms with Crippen LogP contribution in [0.2, 0.25) is 0 Å². The number of unbranched alkanes of at least 4 members (excludes halogenated alkanes) is 2. The van der Waals surface area contributed by atoms with Crippen molar-refractivity contribution in [2.75, 3.05) is 26.2 Å². The monoisotopic (exact) mass is 667 g/mol. The van der Waals surface area contributed by atoms with Gasteiger partial charge in [-0.1, -0.05) is 61.7 Å². The minimum absolute atomic E-state index is 0.129. The number of alkyl halides is 1. The van der Waals surface area contributed by atoms with Gasteiger partial charge in [0.25, 0.3) is 0 Å². The zero-order chi connectivity index (χ0) is 31.9. The minimum atomic E-state index is -1.24. The van der Waals surface area contributed by atoms with Crippen LogP contribution in [0.1, 0.15) is 72.6 Å². The van der Waals surface area contributed by atoms with Gasteiger partial charge in [0.1, 0.15) is 17.7 Å². The third-order valence-corrected chi connectivity index (χ3v) is 9.60. The average Bonchev–Trinajstić information content (AvgIpc) is 3.56. The number of rotatable bonds is 18. The predicted octanol–water partition coefficient (Wildman–Crippen LogP) is 3.36. The maximum Gasteiger partial charge on any atom is 0.312 e. The van der Waals surface area contributed by atoms with Gasteiger partial charge in [0.05, 0.1) is 37.1 Å². The first-order valence-electron chi connectivity index (χ1n) is 15.7. The highest BCUT2D eigenvalue weighted by atomic mass is 79.9. The number of halogens is 1. The number of fused-ring (bicyclic) bond motifs is 1. The average molecular weight is 669 g/mol. The highest BCUT2D eigenvalue weighted by Gasteiger charge is 2.77. The molecule has 43 heavy (non-hydrogen) atoms. The van der Waals surface area contributed by atoms with E-state index in [9.17, 15) is 24.3 Å². The number of nitrogens with one attached hydrogen (secondary N) is 1. The smallest absolute Gasteiger partial charge is 0.312 e. The Hall–Kier alpha value is -2.24. The van der Waals surface area contributed by atoms with Crippen molar-refractivity contribution in [2.45, 2.75) is 107 Å². The Morgan fingerprint density at radius 3 is 2.58 bits per heavy atom. The summed E-state index contributed by atoms with van der Waals surface area (Å²) in [5, 5.41) is 13.2. The number of ether oxygens (including phenoxy) is 2. The molecule has 10 nitrogen and oxygen atoms in total. The van der Waals surface area contributed by atoms with E-state index in [4.69, 9.17) is 9.47 Å². The summed E-state index contributed by atoms with van der Waals surface area (Å²) in [6, 6.07) is -1.60. The van der Waals surface area contributed by atoms with Crippen LogP contribution in [0.15, 0.2) is 25.3 Å². The molecule has 3 saturated heterocycles. The van der Waals surface area contributed by atoms with Gasteiger partial charge in [-0.3, -0.25) is 19.2 Å². The van der Waals surface area contributed by atoms with Gasteiger partial charge in [0.15, 0.2) is 0 Å². The molecular formula is C32H50BrN3O7. The molecule has 3 fully saturated rings. The highest BCUT2D eigenvalue weighted by Crippen LogP contribution is 2.61. The standard InChI is InChI=1S/C32H50BrN3O7/c1-7-10-12-15-35(14-9-3)30(40)28-32-17-23(33)27(43-32)25(26(32)29(39)36(28)22(19-37)16-20(4)5)31(41)42-21(6)18-34-24(38)13-11-8-2/h8-9,20-23,25-28,37H,2-3,7,10-19H2,1,4-6H3,(H,34,38)/t21-,22+,23?,25-,26+,27-,28-,32+/m0/s1. The normalized spacial score (nSPS) is 28.9. The number of carbonyl (C=O) groups excluding carboxylic acids is 4. The van der Waals surface area contributed by atoms with E-state index >= 15 is 0 Å². The number of hydrogen-bond donors (Lipinski definition) is 2. The highest BCUT2D eigenvalue weighted by molar-refractivity contribution is 9.09. The van der Waals surface area contributed by atoms with Gasteiger partial charge in [-0.05, 0) is 38.5 Å². The van der Waals surface area contributed by atoms with Gasteiger partial charge in [-0.2, -0.15) is 0 Å².